The lowest BCUT2D eigenvalue weighted by atomic mass is 10.1. The molecular weight excluding hydrogens is 432 g/mol. The van der Waals surface area contributed by atoms with E-state index in [9.17, 15) is 9.59 Å². The Balaban J connectivity index is 1.44. The van der Waals surface area contributed by atoms with Crippen molar-refractivity contribution in [2.24, 2.45) is 0 Å². The van der Waals surface area contributed by atoms with Crippen LogP contribution in [-0.4, -0.2) is 53.8 Å². The molecule has 7 nitrogen and oxygen atoms in total. The van der Waals surface area contributed by atoms with Crippen LogP contribution in [0.5, 0.6) is 5.75 Å². The first-order valence-electron chi connectivity index (χ1n) is 11.3. The Morgan fingerprint density at radius 3 is 2.68 bits per heavy atom. The first-order chi connectivity index (χ1) is 16.5. The number of aliphatic carboxylic acids is 1. The highest BCUT2D eigenvalue weighted by atomic mass is 16.5. The molecule has 0 radical (unpaired) electrons. The number of anilines is 1. The first-order valence-corrected chi connectivity index (χ1v) is 11.3. The van der Waals surface area contributed by atoms with Gasteiger partial charge in [0.2, 0.25) is 5.78 Å². The van der Waals surface area contributed by atoms with Crippen molar-refractivity contribution < 1.29 is 24.2 Å². The Morgan fingerprint density at radius 1 is 1.09 bits per heavy atom. The van der Waals surface area contributed by atoms with E-state index in [1.807, 2.05) is 71.4 Å². The van der Waals surface area contributed by atoms with Gasteiger partial charge in [-0.05, 0) is 48.9 Å². The predicted molar refractivity (Wildman–Crippen MR) is 131 cm³/mol. The average molecular weight is 461 g/mol. The topological polar surface area (TPSA) is 81.0 Å². The number of carboxylic acid groups (broad SMARTS) is 1. The van der Waals surface area contributed by atoms with Gasteiger partial charge in [0, 0.05) is 37.1 Å². The molecule has 1 fully saturated rings. The van der Waals surface area contributed by atoms with Crippen LogP contribution in [0.15, 0.2) is 72.9 Å². The van der Waals surface area contributed by atoms with E-state index in [0.717, 1.165) is 24.3 Å². The molecule has 1 aliphatic rings. The van der Waals surface area contributed by atoms with Crippen molar-refractivity contribution in [2.45, 2.75) is 19.6 Å². The number of carboxylic acids is 1. The van der Waals surface area contributed by atoms with Gasteiger partial charge < -0.3 is 24.0 Å². The number of nitrogens with zero attached hydrogens (tertiary/aromatic N) is 2. The monoisotopic (exact) mass is 460 g/mol. The molecular formula is C27H28N2O5. The van der Waals surface area contributed by atoms with Crippen molar-refractivity contribution in [3.8, 4) is 5.75 Å². The van der Waals surface area contributed by atoms with Gasteiger partial charge >= 0.3 is 5.97 Å². The highest BCUT2D eigenvalue weighted by Crippen LogP contribution is 2.21. The van der Waals surface area contributed by atoms with Crippen LogP contribution >= 0.6 is 0 Å². The Bertz CT molecular complexity index is 1180. The molecule has 1 saturated heterocycles. The first kappa shape index (κ1) is 23.3. The Hall–Kier alpha value is -3.84. The van der Waals surface area contributed by atoms with Gasteiger partial charge in [-0.15, -0.1) is 0 Å². The molecule has 0 spiro atoms. The third-order valence-corrected chi connectivity index (χ3v) is 5.68. The fraction of sp³-hybridized carbons (Fsp3) is 0.259. The van der Waals surface area contributed by atoms with Crippen molar-refractivity contribution in [1.29, 1.82) is 0 Å². The Kier molecular flexibility index (Phi) is 7.44. The summed E-state index contributed by atoms with van der Waals surface area (Å²) in [5.41, 5.74) is 3.20. The van der Waals surface area contributed by atoms with Gasteiger partial charge in [-0.3, -0.25) is 4.79 Å². The largest absolute Gasteiger partial charge is 0.479 e. The van der Waals surface area contributed by atoms with E-state index in [4.69, 9.17) is 14.6 Å². The van der Waals surface area contributed by atoms with Gasteiger partial charge in [-0.1, -0.05) is 36.4 Å². The molecule has 0 unspecified atom stereocenters. The number of carbonyl (C=O) groups excluding carboxylic acids is 1. The standard InChI is InChI=1S/C27H28N2O5/c1-20(27(31)32)34-24-10-2-6-21(18-24)7-4-12-29-13-5-11-25(29)26(30)22-8-3-9-23(19-22)28-14-16-33-17-15-28/h2-11,13,18-20H,12,14-17H2,1H3,(H,31,32)/b7-4+/t20-/m0/s1. The predicted octanol–water partition coefficient (Wildman–Crippen LogP) is 4.12. The van der Waals surface area contributed by atoms with Crippen LogP contribution in [0.3, 0.4) is 0 Å². The zero-order chi connectivity index (χ0) is 23.9. The second-order valence-corrected chi connectivity index (χ2v) is 8.10. The molecule has 0 amide bonds. The molecule has 1 aliphatic heterocycles. The fourth-order valence-corrected chi connectivity index (χ4v) is 3.84. The van der Waals surface area contributed by atoms with Crippen LogP contribution in [0.2, 0.25) is 0 Å². The van der Waals surface area contributed by atoms with Crippen LogP contribution in [-0.2, 0) is 16.1 Å². The van der Waals surface area contributed by atoms with Crippen LogP contribution in [0.25, 0.3) is 6.08 Å². The molecule has 176 valence electrons. The molecule has 2 aromatic carbocycles. The lowest BCUT2D eigenvalue weighted by Gasteiger charge is -2.29. The van der Waals surface area contributed by atoms with Gasteiger partial charge in [0.25, 0.3) is 0 Å². The van der Waals surface area contributed by atoms with Crippen molar-refractivity contribution in [1.82, 2.24) is 4.57 Å². The second kappa shape index (κ2) is 10.9. The van der Waals surface area contributed by atoms with Gasteiger partial charge in [0.1, 0.15) is 5.75 Å². The third kappa shape index (κ3) is 5.74. The van der Waals surface area contributed by atoms with E-state index < -0.39 is 12.1 Å². The SMILES string of the molecule is C[C@H](Oc1cccc(/C=C/Cn2cccc2C(=O)c2cccc(N3CCOCC3)c2)c1)C(=O)O. The third-order valence-electron chi connectivity index (χ3n) is 5.68. The minimum absolute atomic E-state index is 0.0217. The Labute approximate surface area is 198 Å². The number of hydrogen-bond donors (Lipinski definition) is 1. The lowest BCUT2D eigenvalue weighted by molar-refractivity contribution is -0.144. The quantitative estimate of drug-likeness (QED) is 0.484. The summed E-state index contributed by atoms with van der Waals surface area (Å²) in [5, 5.41) is 9.02. The lowest BCUT2D eigenvalue weighted by Crippen LogP contribution is -2.36. The number of carbonyl (C=O) groups is 2. The molecule has 1 aromatic heterocycles. The van der Waals surface area contributed by atoms with Gasteiger partial charge in [-0.25, -0.2) is 4.79 Å². The summed E-state index contributed by atoms with van der Waals surface area (Å²) in [4.78, 5) is 26.5. The van der Waals surface area contributed by atoms with Crippen LogP contribution in [0.1, 0.15) is 28.5 Å². The number of morpholine rings is 1. The van der Waals surface area contributed by atoms with E-state index in [1.54, 1.807) is 12.1 Å². The number of ether oxygens (including phenoxy) is 2. The van der Waals surface area contributed by atoms with Crippen LogP contribution in [0.4, 0.5) is 5.69 Å². The molecule has 4 rings (SSSR count). The second-order valence-electron chi connectivity index (χ2n) is 8.10. The molecule has 2 heterocycles. The maximum atomic E-state index is 13.2. The summed E-state index contributed by atoms with van der Waals surface area (Å²) >= 11 is 0. The number of aromatic nitrogens is 1. The number of ketones is 1. The van der Waals surface area contributed by atoms with Gasteiger partial charge in [-0.2, -0.15) is 0 Å². The smallest absolute Gasteiger partial charge is 0.344 e. The van der Waals surface area contributed by atoms with Crippen molar-refractivity contribution in [3.63, 3.8) is 0 Å². The average Bonchev–Trinajstić information content (AvgIpc) is 3.33. The molecule has 0 bridgehead atoms. The van der Waals surface area contributed by atoms with Crippen molar-refractivity contribution >= 4 is 23.5 Å². The summed E-state index contributed by atoms with van der Waals surface area (Å²) in [6.45, 7) is 5.04. The van der Waals surface area contributed by atoms with Gasteiger partial charge in [0.15, 0.2) is 6.10 Å². The minimum atomic E-state index is -1.01. The zero-order valence-electron chi connectivity index (χ0n) is 19.1. The highest BCUT2D eigenvalue weighted by Gasteiger charge is 2.16. The van der Waals surface area contributed by atoms with Crippen molar-refractivity contribution in [3.05, 3.63) is 89.8 Å². The summed E-state index contributed by atoms with van der Waals surface area (Å²) < 4.78 is 12.8. The fourth-order valence-electron chi connectivity index (χ4n) is 3.84. The van der Waals surface area contributed by atoms with E-state index in [2.05, 4.69) is 4.90 Å². The van der Waals surface area contributed by atoms with Crippen LogP contribution in [0, 0.1) is 0 Å². The normalized spacial score (nSPS) is 14.8. The number of hydrogen-bond acceptors (Lipinski definition) is 5. The van der Waals surface area contributed by atoms with E-state index in [0.29, 0.717) is 36.8 Å². The summed E-state index contributed by atoms with van der Waals surface area (Å²) in [7, 11) is 0. The number of allylic oxidation sites excluding steroid dienone is 1. The van der Waals surface area contributed by atoms with Gasteiger partial charge in [0.05, 0.1) is 18.9 Å². The molecule has 1 N–H and O–H groups in total. The van der Waals surface area contributed by atoms with Crippen LogP contribution < -0.4 is 9.64 Å². The molecule has 0 aliphatic carbocycles. The molecule has 7 heteroatoms. The summed E-state index contributed by atoms with van der Waals surface area (Å²) in [5.74, 6) is -0.540. The summed E-state index contributed by atoms with van der Waals surface area (Å²) in [6, 6.07) is 18.7. The minimum Gasteiger partial charge on any atom is -0.479 e. The zero-order valence-corrected chi connectivity index (χ0v) is 19.1. The van der Waals surface area contributed by atoms with Crippen molar-refractivity contribution in [2.75, 3.05) is 31.2 Å². The number of benzene rings is 2. The van der Waals surface area contributed by atoms with E-state index in [1.165, 1.54) is 6.92 Å². The molecule has 3 aromatic rings. The molecule has 34 heavy (non-hydrogen) atoms. The maximum Gasteiger partial charge on any atom is 0.344 e. The molecule has 1 atom stereocenters. The Morgan fingerprint density at radius 2 is 1.88 bits per heavy atom. The van der Waals surface area contributed by atoms with E-state index in [-0.39, 0.29) is 5.78 Å². The molecule has 0 saturated carbocycles. The van der Waals surface area contributed by atoms with E-state index >= 15 is 0 Å². The maximum absolute atomic E-state index is 13.2. The summed E-state index contributed by atoms with van der Waals surface area (Å²) in [6.07, 6.45) is 4.85. The number of rotatable bonds is 9. The highest BCUT2D eigenvalue weighted by molar-refractivity contribution is 6.08.